The molecule has 8 nitrogen and oxygen atoms in total. The van der Waals surface area contributed by atoms with E-state index in [0.717, 1.165) is 27.5 Å². The molecule has 31 heavy (non-hydrogen) atoms. The average molecular weight is 419 g/mol. The second-order valence-electron chi connectivity index (χ2n) is 8.23. The van der Waals surface area contributed by atoms with Crippen LogP contribution in [0.25, 0.3) is 5.69 Å². The lowest BCUT2D eigenvalue weighted by atomic mass is 9.95. The first kappa shape index (κ1) is 20.6. The van der Waals surface area contributed by atoms with Crippen molar-refractivity contribution in [1.29, 1.82) is 0 Å². The van der Waals surface area contributed by atoms with E-state index in [2.05, 4.69) is 10.4 Å². The lowest BCUT2D eigenvalue weighted by molar-refractivity contribution is -0.130. The number of rotatable bonds is 5. The van der Waals surface area contributed by atoms with Crippen LogP contribution < -0.4 is 5.32 Å². The average Bonchev–Trinajstić information content (AvgIpc) is 3.33. The van der Waals surface area contributed by atoms with Gasteiger partial charge < -0.3 is 9.88 Å². The van der Waals surface area contributed by atoms with Crippen LogP contribution in [0.1, 0.15) is 39.8 Å². The Bertz CT molecular complexity index is 1220. The van der Waals surface area contributed by atoms with Crippen LogP contribution in [0.2, 0.25) is 0 Å². The van der Waals surface area contributed by atoms with E-state index in [0.29, 0.717) is 11.1 Å². The van der Waals surface area contributed by atoms with Crippen LogP contribution in [-0.2, 0) is 17.4 Å². The molecule has 1 saturated heterocycles. The van der Waals surface area contributed by atoms with Gasteiger partial charge in [0, 0.05) is 41.4 Å². The third-order valence-corrected chi connectivity index (χ3v) is 5.85. The summed E-state index contributed by atoms with van der Waals surface area (Å²) in [5.74, 6) is -0.753. The van der Waals surface area contributed by atoms with Gasteiger partial charge in [-0.15, -0.1) is 0 Å². The van der Waals surface area contributed by atoms with E-state index < -0.39 is 17.5 Å². The molecule has 8 heteroatoms. The third kappa shape index (κ3) is 3.34. The van der Waals surface area contributed by atoms with Crippen LogP contribution in [0.15, 0.2) is 42.7 Å². The molecule has 160 valence electrons. The molecule has 3 heterocycles. The number of nitrogens with zero attached hydrogens (tertiary/aromatic N) is 4. The largest absolute Gasteiger partial charge is 0.325 e. The first-order valence-electron chi connectivity index (χ1n) is 10.0. The van der Waals surface area contributed by atoms with Gasteiger partial charge in [-0.3, -0.25) is 19.2 Å². The van der Waals surface area contributed by atoms with Crippen molar-refractivity contribution >= 4 is 17.7 Å². The van der Waals surface area contributed by atoms with Gasteiger partial charge in [0.2, 0.25) is 0 Å². The van der Waals surface area contributed by atoms with Crippen molar-refractivity contribution in [2.75, 3.05) is 6.54 Å². The highest BCUT2D eigenvalue weighted by Gasteiger charge is 2.50. The van der Waals surface area contributed by atoms with Crippen molar-refractivity contribution in [2.45, 2.75) is 33.2 Å². The molecule has 3 amide bonds. The molecule has 1 aliphatic heterocycles. The quantitative estimate of drug-likeness (QED) is 0.509. The van der Waals surface area contributed by atoms with E-state index in [4.69, 9.17) is 0 Å². The molecule has 0 aliphatic carbocycles. The number of hydrogen-bond donors (Lipinski definition) is 1. The number of amides is 3. The molecule has 1 atom stereocenters. The molecular formula is C23H25N5O3. The fraction of sp³-hybridized carbons (Fsp3) is 0.304. The fourth-order valence-corrected chi connectivity index (χ4v) is 4.15. The van der Waals surface area contributed by atoms with Gasteiger partial charge in [-0.1, -0.05) is 12.1 Å². The van der Waals surface area contributed by atoms with Crippen LogP contribution >= 0.6 is 0 Å². The van der Waals surface area contributed by atoms with Crippen molar-refractivity contribution in [2.24, 2.45) is 7.05 Å². The van der Waals surface area contributed by atoms with Gasteiger partial charge in [0.25, 0.3) is 5.91 Å². The molecule has 1 fully saturated rings. The number of carbonyl (C=O) groups is 3. The predicted octanol–water partition coefficient (Wildman–Crippen LogP) is 2.79. The predicted molar refractivity (Wildman–Crippen MR) is 115 cm³/mol. The maximum absolute atomic E-state index is 13.1. The Balaban J connectivity index is 1.61. The first-order chi connectivity index (χ1) is 14.6. The summed E-state index contributed by atoms with van der Waals surface area (Å²) in [7, 11) is 1.74. The van der Waals surface area contributed by atoms with Gasteiger partial charge in [0.05, 0.1) is 12.7 Å². The Kier molecular flexibility index (Phi) is 4.80. The summed E-state index contributed by atoms with van der Waals surface area (Å²) in [5, 5.41) is 6.79. The molecule has 2 aromatic heterocycles. The van der Waals surface area contributed by atoms with E-state index in [1.807, 2.05) is 49.6 Å². The van der Waals surface area contributed by atoms with Crippen LogP contribution in [0.4, 0.5) is 4.79 Å². The zero-order chi connectivity index (χ0) is 22.5. The van der Waals surface area contributed by atoms with Crippen molar-refractivity contribution in [1.82, 2.24) is 24.6 Å². The number of urea groups is 1. The molecular weight excluding hydrogens is 394 g/mol. The van der Waals surface area contributed by atoms with Gasteiger partial charge in [-0.2, -0.15) is 5.10 Å². The molecule has 0 bridgehead atoms. The van der Waals surface area contributed by atoms with Gasteiger partial charge in [0.1, 0.15) is 5.54 Å². The second kappa shape index (κ2) is 7.23. The van der Waals surface area contributed by atoms with Gasteiger partial charge in [-0.25, -0.2) is 4.79 Å². The minimum Gasteiger partial charge on any atom is -0.319 e. The van der Waals surface area contributed by atoms with Gasteiger partial charge >= 0.3 is 6.03 Å². The second-order valence-corrected chi connectivity index (χ2v) is 8.23. The summed E-state index contributed by atoms with van der Waals surface area (Å²) in [5.41, 5.74) is 3.58. The molecule has 3 aromatic rings. The summed E-state index contributed by atoms with van der Waals surface area (Å²) in [4.78, 5) is 39.8. The van der Waals surface area contributed by atoms with Crippen molar-refractivity contribution in [3.8, 4) is 5.69 Å². The zero-order valence-corrected chi connectivity index (χ0v) is 18.3. The molecule has 1 aliphatic rings. The first-order valence-corrected chi connectivity index (χ1v) is 10.0. The van der Waals surface area contributed by atoms with Crippen molar-refractivity contribution < 1.29 is 14.4 Å². The Morgan fingerprint density at radius 1 is 1.16 bits per heavy atom. The monoisotopic (exact) mass is 419 g/mol. The number of ketones is 1. The number of aromatic nitrogens is 3. The van der Waals surface area contributed by atoms with Gasteiger partial charge in [-0.05, 0) is 51.5 Å². The van der Waals surface area contributed by atoms with Crippen LogP contribution in [0.3, 0.4) is 0 Å². The maximum atomic E-state index is 13.1. The Labute approximate surface area is 180 Å². The normalized spacial score (nSPS) is 18.5. The van der Waals surface area contributed by atoms with Crippen LogP contribution in [0, 0.1) is 20.8 Å². The summed E-state index contributed by atoms with van der Waals surface area (Å²) >= 11 is 0. The Hall–Kier alpha value is -3.68. The number of benzene rings is 1. The molecule has 0 saturated carbocycles. The number of aryl methyl sites for hydroxylation is 3. The van der Waals surface area contributed by atoms with Crippen molar-refractivity contribution in [3.63, 3.8) is 0 Å². The van der Waals surface area contributed by atoms with Gasteiger partial charge in [0.15, 0.2) is 5.78 Å². The molecule has 0 radical (unpaired) electrons. The number of nitrogens with one attached hydrogen (secondary N) is 1. The van der Waals surface area contributed by atoms with E-state index in [1.165, 1.54) is 0 Å². The number of imide groups is 1. The highest BCUT2D eigenvalue weighted by atomic mass is 16.2. The summed E-state index contributed by atoms with van der Waals surface area (Å²) < 4.78 is 3.57. The zero-order valence-electron chi connectivity index (χ0n) is 18.3. The third-order valence-electron chi connectivity index (χ3n) is 5.85. The number of Topliss-reactive ketones (excluding diaryl/α,β-unsaturated/α-hetero) is 1. The standard InChI is InChI=1S/C23H25N5O3/c1-14-7-6-8-18(9-14)28-15(2)10-19(16(28)3)20(29)13-27-21(30)23(4,25-22(27)31)17-11-24-26(5)12-17/h6-12H,13H2,1-5H3,(H,25,31). The number of carbonyl (C=O) groups excluding carboxylic acids is 3. The molecule has 1 N–H and O–H groups in total. The van der Waals surface area contributed by atoms with Crippen molar-refractivity contribution in [3.05, 3.63) is 70.8 Å². The van der Waals surface area contributed by atoms with E-state index in [1.54, 1.807) is 37.1 Å². The maximum Gasteiger partial charge on any atom is 0.325 e. The summed E-state index contributed by atoms with van der Waals surface area (Å²) in [6.45, 7) is 7.12. The highest BCUT2D eigenvalue weighted by molar-refractivity contribution is 6.11. The molecule has 4 rings (SSSR count). The van der Waals surface area contributed by atoms with Crippen LogP contribution in [-0.4, -0.2) is 43.5 Å². The van der Waals surface area contributed by atoms with E-state index in [-0.39, 0.29) is 12.3 Å². The lowest BCUT2D eigenvalue weighted by Crippen LogP contribution is -2.41. The summed E-state index contributed by atoms with van der Waals surface area (Å²) in [6, 6.07) is 9.23. The minimum atomic E-state index is -1.25. The number of hydrogen-bond acceptors (Lipinski definition) is 4. The minimum absolute atomic E-state index is 0.286. The SMILES string of the molecule is Cc1cccc(-n2c(C)cc(C(=O)CN3C(=O)NC(C)(c4cnn(C)c4)C3=O)c2C)c1. The van der Waals surface area contributed by atoms with Crippen LogP contribution in [0.5, 0.6) is 0 Å². The topological polar surface area (TPSA) is 89.2 Å². The Morgan fingerprint density at radius 2 is 1.90 bits per heavy atom. The summed E-state index contributed by atoms with van der Waals surface area (Å²) in [6.07, 6.45) is 3.22. The fourth-order valence-electron chi connectivity index (χ4n) is 4.15. The highest BCUT2D eigenvalue weighted by Crippen LogP contribution is 2.29. The Morgan fingerprint density at radius 3 is 2.55 bits per heavy atom. The molecule has 1 aromatic carbocycles. The smallest absolute Gasteiger partial charge is 0.319 e. The lowest BCUT2D eigenvalue weighted by Gasteiger charge is -2.19. The van der Waals surface area contributed by atoms with E-state index >= 15 is 0 Å². The van der Waals surface area contributed by atoms with E-state index in [9.17, 15) is 14.4 Å². The molecule has 0 spiro atoms. The molecule has 1 unspecified atom stereocenters.